The molecule has 2 saturated heterocycles. The molecule has 45 heavy (non-hydrogen) atoms. The number of fused-ring (bicyclic) bond motifs is 4. The molecule has 0 radical (unpaired) electrons. The number of likely N-dealkylation sites (tertiary alicyclic amines) is 1. The lowest BCUT2D eigenvalue weighted by Crippen LogP contribution is -2.71. The van der Waals surface area contributed by atoms with Gasteiger partial charge in [-0.15, -0.1) is 0 Å². The lowest BCUT2D eigenvalue weighted by molar-refractivity contribution is -0.193. The first-order chi connectivity index (χ1) is 21.0. The molecule has 5 aliphatic rings. The molecule has 6 atom stereocenters. The van der Waals surface area contributed by atoms with Gasteiger partial charge in [-0.2, -0.15) is 13.2 Å². The number of hydrogen-bond acceptors (Lipinski definition) is 11. The van der Waals surface area contributed by atoms with E-state index < -0.39 is 99.5 Å². The van der Waals surface area contributed by atoms with Crippen LogP contribution in [0.1, 0.15) is 41.9 Å². The van der Waals surface area contributed by atoms with E-state index in [4.69, 9.17) is 10.5 Å². The van der Waals surface area contributed by atoms with Gasteiger partial charge in [0.15, 0.2) is 11.4 Å². The van der Waals surface area contributed by atoms with Crippen molar-refractivity contribution in [2.24, 2.45) is 23.5 Å². The van der Waals surface area contributed by atoms with E-state index in [-0.39, 0.29) is 50.0 Å². The smallest absolute Gasteiger partial charge is 0.391 e. The van der Waals surface area contributed by atoms with Crippen LogP contribution >= 0.6 is 0 Å². The molecule has 1 aromatic rings. The topological polar surface area (TPSA) is 191 Å². The lowest BCUT2D eigenvalue weighted by Gasteiger charge is -2.56. The largest absolute Gasteiger partial charge is 0.508 e. The lowest BCUT2D eigenvalue weighted by atomic mass is 9.53. The average molecular weight is 636 g/mol. The van der Waals surface area contributed by atoms with E-state index in [0.29, 0.717) is 5.56 Å². The number of primary amides is 1. The van der Waals surface area contributed by atoms with Gasteiger partial charge in [-0.3, -0.25) is 29.0 Å². The zero-order chi connectivity index (χ0) is 32.9. The fourth-order valence-electron chi connectivity index (χ4n) is 8.00. The first kappa shape index (κ1) is 31.0. The number of ether oxygens (including phenoxy) is 1. The number of aliphatic hydroxyl groups is 3. The van der Waals surface area contributed by atoms with Crippen LogP contribution in [0.25, 0.3) is 5.76 Å². The first-order valence-electron chi connectivity index (χ1n) is 14.5. The molecule has 3 fully saturated rings. The molecule has 1 saturated carbocycles. The molecular formula is C30H32F3N3O9. The van der Waals surface area contributed by atoms with Crippen molar-refractivity contribution in [3.8, 4) is 5.75 Å². The normalized spacial score (nSPS) is 32.3. The number of likely N-dealkylation sites (N-methyl/N-ethyl adjacent to an activating group) is 1. The van der Waals surface area contributed by atoms with E-state index in [1.54, 1.807) is 17.0 Å². The number of amides is 1. The third kappa shape index (κ3) is 4.38. The van der Waals surface area contributed by atoms with Gasteiger partial charge in [-0.1, -0.05) is 12.1 Å². The molecule has 1 amide bonds. The summed E-state index contributed by atoms with van der Waals surface area (Å²) in [6.45, 7) is 0.250. The second-order valence-electron chi connectivity index (χ2n) is 12.7. The van der Waals surface area contributed by atoms with Crippen LogP contribution in [0.4, 0.5) is 13.2 Å². The highest BCUT2D eigenvalue weighted by Gasteiger charge is 2.70. The maximum absolute atomic E-state index is 14.3. The van der Waals surface area contributed by atoms with E-state index >= 15 is 0 Å². The van der Waals surface area contributed by atoms with E-state index in [1.807, 2.05) is 0 Å². The fourth-order valence-corrected chi connectivity index (χ4v) is 8.00. The summed E-state index contributed by atoms with van der Waals surface area (Å²) in [5, 5.41) is 46.1. The Balaban J connectivity index is 1.48. The van der Waals surface area contributed by atoms with Crippen molar-refractivity contribution in [2.75, 3.05) is 27.2 Å². The second kappa shape index (κ2) is 10.3. The Kier molecular flexibility index (Phi) is 7.10. The number of ketones is 2. The number of benzene rings is 1. The number of carbonyl (C=O) groups excluding carboxylic acids is 4. The first-order valence-corrected chi connectivity index (χ1v) is 14.5. The summed E-state index contributed by atoms with van der Waals surface area (Å²) in [6, 6.07) is 1.65. The van der Waals surface area contributed by atoms with Gasteiger partial charge in [0.1, 0.15) is 28.9 Å². The molecule has 3 aliphatic carbocycles. The minimum absolute atomic E-state index is 0.0309. The monoisotopic (exact) mass is 635 g/mol. The van der Waals surface area contributed by atoms with Gasteiger partial charge in [0.2, 0.25) is 5.78 Å². The molecule has 1 aromatic carbocycles. The quantitative estimate of drug-likeness (QED) is 0.236. The maximum atomic E-state index is 14.3. The molecule has 12 nitrogen and oxygen atoms in total. The number of nitrogens with zero attached hydrogens (tertiary/aromatic N) is 2. The van der Waals surface area contributed by atoms with Gasteiger partial charge in [0.05, 0.1) is 29.9 Å². The number of aliphatic hydroxyl groups excluding tert-OH is 2. The Morgan fingerprint density at radius 3 is 2.36 bits per heavy atom. The Morgan fingerprint density at radius 2 is 1.78 bits per heavy atom. The Hall–Kier alpha value is -3.95. The number of aromatic hydroxyl groups is 1. The van der Waals surface area contributed by atoms with Crippen molar-refractivity contribution in [2.45, 2.75) is 55.6 Å². The van der Waals surface area contributed by atoms with Crippen molar-refractivity contribution in [1.29, 1.82) is 0 Å². The Bertz CT molecular complexity index is 1590. The summed E-state index contributed by atoms with van der Waals surface area (Å²) in [7, 11) is 2.86. The molecule has 6 N–H and O–H groups in total. The number of hydrogen-bond donors (Lipinski definition) is 5. The second-order valence-corrected chi connectivity index (χ2v) is 12.7. The molecule has 0 unspecified atom stereocenters. The number of carbonyl (C=O) groups is 4. The van der Waals surface area contributed by atoms with Crippen LogP contribution < -0.4 is 5.73 Å². The molecule has 0 aromatic heterocycles. The van der Waals surface area contributed by atoms with Gasteiger partial charge in [-0.05, 0) is 45.6 Å². The molecular weight excluding hydrogens is 603 g/mol. The number of esters is 1. The number of phenols is 1. The summed E-state index contributed by atoms with van der Waals surface area (Å²) < 4.78 is 45.1. The van der Waals surface area contributed by atoms with Crippen LogP contribution in [0.5, 0.6) is 5.75 Å². The minimum Gasteiger partial charge on any atom is -0.508 e. The van der Waals surface area contributed by atoms with Crippen LogP contribution in [0.15, 0.2) is 29.0 Å². The third-order valence-corrected chi connectivity index (χ3v) is 10.1. The van der Waals surface area contributed by atoms with Crippen molar-refractivity contribution in [1.82, 2.24) is 9.80 Å². The number of rotatable bonds is 4. The molecule has 0 bridgehead atoms. The van der Waals surface area contributed by atoms with E-state index in [9.17, 15) is 52.8 Å². The molecule has 6 rings (SSSR count). The standard InChI is InChI=1S/C30H32F3N3O9/c1-35(2)21-20-25-16-14(9-15(37)45-25)13-4-3-11(10-36-7-5-12(6-8-36)30(31,32)33)22(38)17(13)23(39)18(16)26(41)29(20,44)27(42)19(24(21)40)28(34)43/h3-4,12,14,16,20-21,25,38-39,42,44H,5-10H2,1-2H3,(H2,34,43)/t14-,16+,20+,21-,25-,29-/m0/s1. The van der Waals surface area contributed by atoms with Gasteiger partial charge in [-0.25, -0.2) is 0 Å². The van der Waals surface area contributed by atoms with Crippen LogP contribution in [0.2, 0.25) is 0 Å². The number of phenolic OH excluding ortho intramolecular Hbond substituents is 1. The summed E-state index contributed by atoms with van der Waals surface area (Å²) in [4.78, 5) is 56.0. The number of nitrogens with two attached hydrogens (primary N) is 1. The highest BCUT2D eigenvalue weighted by atomic mass is 19.4. The van der Waals surface area contributed by atoms with E-state index in [0.717, 1.165) is 0 Å². The predicted molar refractivity (Wildman–Crippen MR) is 147 cm³/mol. The molecule has 242 valence electrons. The number of Topliss-reactive ketones (excluding diaryl/α,β-unsaturated/α-hetero) is 2. The molecule has 15 heteroatoms. The SMILES string of the molecule is CN(C)[C@@H]1C(=O)C(C(N)=O)=C(O)[C@@]2(O)C(=O)C3=C(O)c4c(ccc(CN5CCC(C(F)(F)F)CC5)c4O)[C@@H]4CC(=O)O[C@@H]([C@@H]34)[C@@H]12. The zero-order valence-electron chi connectivity index (χ0n) is 24.3. The highest BCUT2D eigenvalue weighted by Crippen LogP contribution is 2.59. The maximum Gasteiger partial charge on any atom is 0.391 e. The van der Waals surface area contributed by atoms with Crippen LogP contribution in [-0.2, 0) is 30.5 Å². The third-order valence-electron chi connectivity index (χ3n) is 10.1. The summed E-state index contributed by atoms with van der Waals surface area (Å²) in [5.74, 6) is -11.9. The molecule has 2 aliphatic heterocycles. The van der Waals surface area contributed by atoms with Gasteiger partial charge < -0.3 is 30.9 Å². The Morgan fingerprint density at radius 1 is 1.13 bits per heavy atom. The van der Waals surface area contributed by atoms with Crippen LogP contribution in [0.3, 0.4) is 0 Å². The van der Waals surface area contributed by atoms with E-state index in [2.05, 4.69) is 0 Å². The van der Waals surface area contributed by atoms with Crippen molar-refractivity contribution >= 4 is 29.2 Å². The summed E-state index contributed by atoms with van der Waals surface area (Å²) >= 11 is 0. The number of halogens is 3. The van der Waals surface area contributed by atoms with Crippen LogP contribution in [-0.4, -0.2) is 105 Å². The molecule has 2 heterocycles. The van der Waals surface area contributed by atoms with Gasteiger partial charge in [0.25, 0.3) is 5.91 Å². The van der Waals surface area contributed by atoms with Crippen molar-refractivity contribution in [3.05, 3.63) is 45.7 Å². The number of alkyl halides is 3. The summed E-state index contributed by atoms with van der Waals surface area (Å²) in [6.07, 6.45) is -6.26. The van der Waals surface area contributed by atoms with Crippen LogP contribution in [0, 0.1) is 17.8 Å². The fraction of sp³-hybridized carbons (Fsp3) is 0.533. The molecule has 0 spiro atoms. The zero-order valence-corrected chi connectivity index (χ0v) is 24.3. The van der Waals surface area contributed by atoms with E-state index in [1.165, 1.54) is 19.0 Å². The Labute approximate surface area is 254 Å². The summed E-state index contributed by atoms with van der Waals surface area (Å²) in [5.41, 5.74) is 1.21. The minimum atomic E-state index is -4.30. The average Bonchev–Trinajstić information content (AvgIpc) is 2.94. The van der Waals surface area contributed by atoms with Crippen molar-refractivity contribution < 1.29 is 57.5 Å². The van der Waals surface area contributed by atoms with Crippen molar-refractivity contribution in [3.63, 3.8) is 0 Å². The van der Waals surface area contributed by atoms with Gasteiger partial charge in [0, 0.05) is 29.5 Å². The predicted octanol–water partition coefficient (Wildman–Crippen LogP) is 1.20. The highest BCUT2D eigenvalue weighted by molar-refractivity contribution is 6.24. The number of piperidine rings is 1. The van der Waals surface area contributed by atoms with Gasteiger partial charge >= 0.3 is 12.1 Å².